The number of aromatic nitrogens is 4. The summed E-state index contributed by atoms with van der Waals surface area (Å²) in [7, 11) is 3.00. The maximum absolute atomic E-state index is 13.2. The summed E-state index contributed by atoms with van der Waals surface area (Å²) in [5, 5.41) is 4.75. The van der Waals surface area contributed by atoms with Crippen LogP contribution in [0, 0.1) is 5.82 Å². The number of hydrogen-bond acceptors (Lipinski definition) is 8. The minimum atomic E-state index is -0.784. The van der Waals surface area contributed by atoms with Gasteiger partial charge in [-0.1, -0.05) is 11.3 Å². The van der Waals surface area contributed by atoms with Crippen molar-refractivity contribution in [2.75, 3.05) is 20.8 Å². The summed E-state index contributed by atoms with van der Waals surface area (Å²) in [5.41, 5.74) is -0.715. The molecular formula is C20H17FN4O5S. The summed E-state index contributed by atoms with van der Waals surface area (Å²) >= 11 is 1.06. The molecule has 0 unspecified atom stereocenters. The Hall–Kier alpha value is -3.73. The lowest BCUT2D eigenvalue weighted by atomic mass is 10.2. The predicted octanol–water partition coefficient (Wildman–Crippen LogP) is 2.52. The first-order valence-electron chi connectivity index (χ1n) is 9.15. The fourth-order valence-electron chi connectivity index (χ4n) is 3.00. The van der Waals surface area contributed by atoms with Crippen molar-refractivity contribution in [3.05, 3.63) is 63.2 Å². The van der Waals surface area contributed by atoms with Gasteiger partial charge in [0.15, 0.2) is 11.5 Å². The van der Waals surface area contributed by atoms with Gasteiger partial charge in [-0.2, -0.15) is 9.50 Å². The molecule has 0 aliphatic carbocycles. The topological polar surface area (TPSA) is 97.0 Å². The van der Waals surface area contributed by atoms with E-state index in [2.05, 4.69) is 10.1 Å². The molecule has 0 aliphatic heterocycles. The minimum absolute atomic E-state index is 0.121. The van der Waals surface area contributed by atoms with Gasteiger partial charge in [0.25, 0.3) is 0 Å². The van der Waals surface area contributed by atoms with E-state index in [0.29, 0.717) is 34.4 Å². The van der Waals surface area contributed by atoms with Crippen molar-refractivity contribution >= 4 is 16.3 Å². The number of halogens is 1. The second-order valence-corrected chi connectivity index (χ2v) is 7.19. The molecule has 0 radical (unpaired) electrons. The van der Waals surface area contributed by atoms with Crippen molar-refractivity contribution in [3.63, 3.8) is 0 Å². The van der Waals surface area contributed by atoms with Crippen LogP contribution in [0.2, 0.25) is 0 Å². The Morgan fingerprint density at radius 2 is 1.71 bits per heavy atom. The fraction of sp³-hybridized carbons (Fsp3) is 0.200. The number of benzene rings is 2. The second kappa shape index (κ2) is 8.19. The van der Waals surface area contributed by atoms with E-state index in [-0.39, 0.29) is 10.6 Å². The van der Waals surface area contributed by atoms with Gasteiger partial charge in [-0.25, -0.2) is 18.5 Å². The van der Waals surface area contributed by atoms with Crippen molar-refractivity contribution in [3.8, 4) is 33.5 Å². The van der Waals surface area contributed by atoms with Crippen LogP contribution < -0.4 is 25.6 Å². The molecule has 0 N–H and O–H groups in total. The summed E-state index contributed by atoms with van der Waals surface area (Å²) in [6, 6.07) is 8.34. The highest BCUT2D eigenvalue weighted by Crippen LogP contribution is 2.42. The standard InChI is InChI=1S/C20H17FN4O5S/c1-4-30-16-14(28-2)9-11(10-15(16)29-3)17-23-25-19(31-17)22-18(26)24(20(25)27)13-7-5-12(21)6-8-13/h5-10H,4H2,1-3H3. The zero-order valence-corrected chi connectivity index (χ0v) is 17.6. The van der Waals surface area contributed by atoms with E-state index < -0.39 is 17.2 Å². The molecule has 0 saturated heterocycles. The average molecular weight is 444 g/mol. The second-order valence-electron chi connectivity index (χ2n) is 6.23. The van der Waals surface area contributed by atoms with Gasteiger partial charge < -0.3 is 14.2 Å². The number of nitrogens with zero attached hydrogens (tertiary/aromatic N) is 4. The minimum Gasteiger partial charge on any atom is -0.493 e. The molecule has 0 amide bonds. The molecule has 0 bridgehead atoms. The quantitative estimate of drug-likeness (QED) is 0.451. The number of ether oxygens (including phenoxy) is 3. The van der Waals surface area contributed by atoms with Crippen LogP contribution in [-0.2, 0) is 0 Å². The van der Waals surface area contributed by atoms with E-state index in [1.54, 1.807) is 12.1 Å². The smallest absolute Gasteiger partial charge is 0.360 e. The summed E-state index contributed by atoms with van der Waals surface area (Å²) in [4.78, 5) is 29.5. The van der Waals surface area contributed by atoms with E-state index >= 15 is 0 Å². The van der Waals surface area contributed by atoms with E-state index in [4.69, 9.17) is 14.2 Å². The zero-order valence-electron chi connectivity index (χ0n) is 16.8. The van der Waals surface area contributed by atoms with Gasteiger partial charge in [0.05, 0.1) is 26.5 Å². The first kappa shape index (κ1) is 20.5. The maximum Gasteiger partial charge on any atom is 0.360 e. The Labute approximate surface area is 178 Å². The van der Waals surface area contributed by atoms with E-state index in [1.165, 1.54) is 26.4 Å². The van der Waals surface area contributed by atoms with Gasteiger partial charge in [0, 0.05) is 5.56 Å². The van der Waals surface area contributed by atoms with E-state index in [0.717, 1.165) is 32.6 Å². The van der Waals surface area contributed by atoms with Gasteiger partial charge in [-0.05, 0) is 43.3 Å². The summed E-state index contributed by atoms with van der Waals surface area (Å²) in [6.07, 6.45) is 0. The Balaban J connectivity index is 1.89. The SMILES string of the molecule is CCOc1c(OC)cc(-c2nn3c(=O)n(-c4ccc(F)cc4)c(=O)nc3s2)cc1OC. The molecule has 0 atom stereocenters. The molecule has 2 aromatic heterocycles. The fourth-order valence-corrected chi connectivity index (χ4v) is 3.86. The third-order valence-corrected chi connectivity index (χ3v) is 5.35. The van der Waals surface area contributed by atoms with Crippen molar-refractivity contribution in [1.29, 1.82) is 0 Å². The van der Waals surface area contributed by atoms with Crippen LogP contribution in [0.5, 0.6) is 17.2 Å². The Kier molecular flexibility index (Phi) is 5.42. The molecule has 31 heavy (non-hydrogen) atoms. The maximum atomic E-state index is 13.2. The van der Waals surface area contributed by atoms with Crippen LogP contribution in [-0.4, -0.2) is 40.0 Å². The lowest BCUT2D eigenvalue weighted by Crippen LogP contribution is -2.38. The third-order valence-electron chi connectivity index (χ3n) is 4.40. The predicted molar refractivity (Wildman–Crippen MR) is 112 cm³/mol. The summed E-state index contributed by atoms with van der Waals surface area (Å²) in [6.45, 7) is 2.26. The molecule has 4 rings (SSSR count). The molecule has 2 aromatic carbocycles. The molecule has 0 aliphatic rings. The molecule has 11 heteroatoms. The Morgan fingerprint density at radius 1 is 1.06 bits per heavy atom. The molecule has 160 valence electrons. The molecule has 9 nitrogen and oxygen atoms in total. The number of methoxy groups -OCH3 is 2. The molecule has 2 heterocycles. The van der Waals surface area contributed by atoms with Gasteiger partial charge >= 0.3 is 11.4 Å². The van der Waals surface area contributed by atoms with Crippen molar-refractivity contribution < 1.29 is 18.6 Å². The first-order chi connectivity index (χ1) is 15.0. The van der Waals surface area contributed by atoms with E-state index in [1.807, 2.05) is 6.92 Å². The van der Waals surface area contributed by atoms with Gasteiger partial charge in [-0.15, -0.1) is 5.10 Å². The Bertz CT molecular complexity index is 1350. The number of fused-ring (bicyclic) bond motifs is 1. The van der Waals surface area contributed by atoms with Crippen LogP contribution in [0.3, 0.4) is 0 Å². The van der Waals surface area contributed by atoms with Crippen molar-refractivity contribution in [2.24, 2.45) is 0 Å². The highest BCUT2D eigenvalue weighted by molar-refractivity contribution is 7.19. The van der Waals surface area contributed by atoms with Crippen molar-refractivity contribution in [1.82, 2.24) is 19.2 Å². The van der Waals surface area contributed by atoms with Crippen LogP contribution in [0.4, 0.5) is 4.39 Å². The molecule has 0 fully saturated rings. The Morgan fingerprint density at radius 3 is 2.29 bits per heavy atom. The summed E-state index contributed by atoms with van der Waals surface area (Å²) < 4.78 is 31.5. The van der Waals surface area contributed by atoms with Gasteiger partial charge in [-0.3, -0.25) is 0 Å². The molecular weight excluding hydrogens is 427 g/mol. The zero-order chi connectivity index (χ0) is 22.1. The lowest BCUT2D eigenvalue weighted by molar-refractivity contribution is 0.288. The van der Waals surface area contributed by atoms with E-state index in [9.17, 15) is 14.0 Å². The number of hydrogen-bond donors (Lipinski definition) is 0. The molecule has 0 saturated carbocycles. The first-order valence-corrected chi connectivity index (χ1v) is 9.96. The number of rotatable bonds is 6. The van der Waals surface area contributed by atoms with Crippen LogP contribution in [0.25, 0.3) is 21.2 Å². The summed E-state index contributed by atoms with van der Waals surface area (Å²) in [5.74, 6) is 0.826. The molecule has 4 aromatic rings. The monoisotopic (exact) mass is 444 g/mol. The average Bonchev–Trinajstić information content (AvgIpc) is 3.19. The third kappa shape index (κ3) is 3.63. The highest BCUT2D eigenvalue weighted by atomic mass is 32.1. The largest absolute Gasteiger partial charge is 0.493 e. The van der Waals surface area contributed by atoms with Gasteiger partial charge in [0.2, 0.25) is 10.7 Å². The van der Waals surface area contributed by atoms with Crippen LogP contribution in [0.1, 0.15) is 6.92 Å². The normalized spacial score (nSPS) is 11.0. The van der Waals surface area contributed by atoms with Crippen LogP contribution >= 0.6 is 11.3 Å². The highest BCUT2D eigenvalue weighted by Gasteiger charge is 2.19. The van der Waals surface area contributed by atoms with Gasteiger partial charge in [0.1, 0.15) is 10.8 Å². The van der Waals surface area contributed by atoms with Crippen molar-refractivity contribution in [2.45, 2.75) is 6.92 Å². The molecule has 0 spiro atoms. The van der Waals surface area contributed by atoms with Crippen LogP contribution in [0.15, 0.2) is 46.0 Å². The lowest BCUT2D eigenvalue weighted by Gasteiger charge is -2.14.